The Morgan fingerprint density at radius 2 is 2.17 bits per heavy atom. The molecule has 18 heavy (non-hydrogen) atoms. The van der Waals surface area contributed by atoms with E-state index in [0.717, 1.165) is 24.9 Å². The number of hydrogen-bond acceptors (Lipinski definition) is 3. The van der Waals surface area contributed by atoms with E-state index < -0.39 is 0 Å². The summed E-state index contributed by atoms with van der Waals surface area (Å²) < 4.78 is 0. The second-order valence-corrected chi connectivity index (χ2v) is 6.14. The molecule has 0 aliphatic carbocycles. The third-order valence-electron chi connectivity index (χ3n) is 4.66. The standard InChI is InChI=1S/C15H25N3/c1-3-4-6-12-10-14-8-5-7-13-9-11(2)16-15(17-12)18(13)14/h3,11-14H,1,4-10H2,2H3,(H,16,17). The fraction of sp³-hybridized carbons (Fsp3) is 0.800. The number of allylic oxidation sites excluding steroid dienone is 1. The van der Waals surface area contributed by atoms with E-state index in [1.165, 1.54) is 38.1 Å². The van der Waals surface area contributed by atoms with Crippen molar-refractivity contribution in [3.63, 3.8) is 0 Å². The molecule has 3 aliphatic heterocycles. The van der Waals surface area contributed by atoms with Crippen LogP contribution in [0.25, 0.3) is 0 Å². The van der Waals surface area contributed by atoms with Gasteiger partial charge in [-0.25, -0.2) is 4.99 Å². The van der Waals surface area contributed by atoms with Gasteiger partial charge < -0.3 is 10.2 Å². The van der Waals surface area contributed by atoms with Crippen LogP contribution in [0.1, 0.15) is 51.9 Å². The highest BCUT2D eigenvalue weighted by Gasteiger charge is 2.40. The SMILES string of the molecule is C=CCCC1CC2CCCC3CC(C)NC(=N1)N23. The van der Waals surface area contributed by atoms with Crippen molar-refractivity contribution in [3.8, 4) is 0 Å². The molecular formula is C15H25N3. The second kappa shape index (κ2) is 4.94. The van der Waals surface area contributed by atoms with E-state index in [0.29, 0.717) is 12.1 Å². The molecule has 0 aromatic carbocycles. The molecule has 4 atom stereocenters. The Hall–Kier alpha value is -0.990. The van der Waals surface area contributed by atoms with Crippen molar-refractivity contribution in [2.45, 2.75) is 76.0 Å². The predicted octanol–water partition coefficient (Wildman–Crippen LogP) is 2.69. The topological polar surface area (TPSA) is 27.6 Å². The lowest BCUT2D eigenvalue weighted by Crippen LogP contribution is -2.64. The van der Waals surface area contributed by atoms with E-state index in [-0.39, 0.29) is 0 Å². The highest BCUT2D eigenvalue weighted by atomic mass is 15.4. The Kier molecular flexibility index (Phi) is 3.31. The lowest BCUT2D eigenvalue weighted by atomic mass is 9.85. The minimum Gasteiger partial charge on any atom is -0.354 e. The van der Waals surface area contributed by atoms with Gasteiger partial charge in [0.2, 0.25) is 0 Å². The average Bonchev–Trinajstić information content (AvgIpc) is 2.36. The van der Waals surface area contributed by atoms with Crippen molar-refractivity contribution >= 4 is 5.96 Å². The van der Waals surface area contributed by atoms with E-state index in [1.807, 2.05) is 6.08 Å². The Labute approximate surface area is 110 Å². The van der Waals surface area contributed by atoms with Gasteiger partial charge in [-0.05, 0) is 51.9 Å². The van der Waals surface area contributed by atoms with Crippen LogP contribution in [0, 0.1) is 0 Å². The first-order chi connectivity index (χ1) is 8.78. The maximum Gasteiger partial charge on any atom is 0.194 e. The minimum atomic E-state index is 0.510. The summed E-state index contributed by atoms with van der Waals surface area (Å²) >= 11 is 0. The molecule has 0 bridgehead atoms. The minimum absolute atomic E-state index is 0.510. The molecule has 3 heteroatoms. The zero-order chi connectivity index (χ0) is 12.5. The molecule has 0 amide bonds. The summed E-state index contributed by atoms with van der Waals surface area (Å²) in [5.41, 5.74) is 0. The number of guanidine groups is 1. The van der Waals surface area contributed by atoms with E-state index >= 15 is 0 Å². The van der Waals surface area contributed by atoms with Gasteiger partial charge in [-0.15, -0.1) is 6.58 Å². The van der Waals surface area contributed by atoms with E-state index in [9.17, 15) is 0 Å². The van der Waals surface area contributed by atoms with E-state index in [1.54, 1.807) is 0 Å². The molecular weight excluding hydrogens is 222 g/mol. The zero-order valence-electron chi connectivity index (χ0n) is 11.4. The lowest BCUT2D eigenvalue weighted by Gasteiger charge is -2.52. The molecule has 100 valence electrons. The smallest absolute Gasteiger partial charge is 0.194 e. The Morgan fingerprint density at radius 1 is 1.39 bits per heavy atom. The quantitative estimate of drug-likeness (QED) is 0.777. The normalized spacial score (nSPS) is 38.5. The summed E-state index contributed by atoms with van der Waals surface area (Å²) in [4.78, 5) is 7.56. The Bertz CT molecular complexity index is 350. The molecule has 3 nitrogen and oxygen atoms in total. The van der Waals surface area contributed by atoms with Crippen LogP contribution in [-0.4, -0.2) is 35.0 Å². The van der Waals surface area contributed by atoms with Crippen molar-refractivity contribution in [1.82, 2.24) is 10.2 Å². The third kappa shape index (κ3) is 2.15. The molecule has 0 spiro atoms. The summed E-state index contributed by atoms with van der Waals surface area (Å²) in [6.45, 7) is 6.12. The summed E-state index contributed by atoms with van der Waals surface area (Å²) in [7, 11) is 0. The molecule has 0 saturated carbocycles. The van der Waals surface area contributed by atoms with Crippen LogP contribution >= 0.6 is 0 Å². The molecule has 4 unspecified atom stereocenters. The first-order valence-corrected chi connectivity index (χ1v) is 7.51. The lowest BCUT2D eigenvalue weighted by molar-refractivity contribution is 0.103. The monoisotopic (exact) mass is 247 g/mol. The van der Waals surface area contributed by atoms with Gasteiger partial charge in [-0.2, -0.15) is 0 Å². The Morgan fingerprint density at radius 3 is 2.94 bits per heavy atom. The van der Waals surface area contributed by atoms with Gasteiger partial charge in [0.1, 0.15) is 0 Å². The average molecular weight is 247 g/mol. The zero-order valence-corrected chi connectivity index (χ0v) is 11.4. The first kappa shape index (κ1) is 12.1. The number of nitrogens with one attached hydrogen (secondary N) is 1. The van der Waals surface area contributed by atoms with Crippen LogP contribution in [-0.2, 0) is 0 Å². The van der Waals surface area contributed by atoms with Gasteiger partial charge >= 0.3 is 0 Å². The van der Waals surface area contributed by atoms with Gasteiger partial charge in [0.25, 0.3) is 0 Å². The third-order valence-corrected chi connectivity index (χ3v) is 4.66. The summed E-state index contributed by atoms with van der Waals surface area (Å²) in [5, 5.41) is 3.60. The second-order valence-electron chi connectivity index (χ2n) is 6.14. The summed E-state index contributed by atoms with van der Waals surface area (Å²) in [6, 6.07) is 2.59. The molecule has 2 saturated heterocycles. The fourth-order valence-corrected chi connectivity index (χ4v) is 3.87. The Balaban J connectivity index is 1.80. The van der Waals surface area contributed by atoms with Crippen molar-refractivity contribution < 1.29 is 0 Å². The molecule has 0 radical (unpaired) electrons. The maximum absolute atomic E-state index is 4.96. The number of hydrogen-bond donors (Lipinski definition) is 1. The molecule has 2 fully saturated rings. The van der Waals surface area contributed by atoms with E-state index in [4.69, 9.17) is 4.99 Å². The van der Waals surface area contributed by atoms with Crippen LogP contribution in [0.3, 0.4) is 0 Å². The fourth-order valence-electron chi connectivity index (χ4n) is 3.87. The van der Waals surface area contributed by atoms with Crippen molar-refractivity contribution in [2.24, 2.45) is 4.99 Å². The predicted molar refractivity (Wildman–Crippen MR) is 75.8 cm³/mol. The summed E-state index contributed by atoms with van der Waals surface area (Å²) in [6.07, 6.45) is 10.9. The van der Waals surface area contributed by atoms with Crippen LogP contribution in [0.2, 0.25) is 0 Å². The summed E-state index contributed by atoms with van der Waals surface area (Å²) in [5.74, 6) is 1.20. The number of aliphatic imine (C=N–C) groups is 1. The first-order valence-electron chi connectivity index (χ1n) is 7.51. The number of nitrogens with zero attached hydrogens (tertiary/aromatic N) is 2. The van der Waals surface area contributed by atoms with Crippen LogP contribution in [0.5, 0.6) is 0 Å². The molecule has 3 aliphatic rings. The molecule has 3 heterocycles. The molecule has 3 rings (SSSR count). The molecule has 0 aromatic heterocycles. The highest BCUT2D eigenvalue weighted by Crippen LogP contribution is 2.34. The van der Waals surface area contributed by atoms with Gasteiger partial charge in [0, 0.05) is 18.1 Å². The maximum atomic E-state index is 4.96. The highest BCUT2D eigenvalue weighted by molar-refractivity contribution is 5.82. The van der Waals surface area contributed by atoms with Gasteiger partial charge in [-0.3, -0.25) is 0 Å². The van der Waals surface area contributed by atoms with Crippen molar-refractivity contribution in [1.29, 1.82) is 0 Å². The largest absolute Gasteiger partial charge is 0.354 e. The van der Waals surface area contributed by atoms with Gasteiger partial charge in [0.15, 0.2) is 5.96 Å². The molecule has 1 N–H and O–H groups in total. The van der Waals surface area contributed by atoms with Crippen molar-refractivity contribution in [3.05, 3.63) is 12.7 Å². The number of rotatable bonds is 3. The molecule has 0 aromatic rings. The van der Waals surface area contributed by atoms with Gasteiger partial charge in [0.05, 0.1) is 6.04 Å². The number of piperidine rings is 1. The van der Waals surface area contributed by atoms with Crippen LogP contribution < -0.4 is 5.32 Å². The van der Waals surface area contributed by atoms with Gasteiger partial charge in [-0.1, -0.05) is 6.08 Å². The van der Waals surface area contributed by atoms with Crippen molar-refractivity contribution in [2.75, 3.05) is 0 Å². The van der Waals surface area contributed by atoms with E-state index in [2.05, 4.69) is 23.7 Å². The van der Waals surface area contributed by atoms with Crippen LogP contribution in [0.4, 0.5) is 0 Å². The van der Waals surface area contributed by atoms with Crippen LogP contribution in [0.15, 0.2) is 17.6 Å².